The maximum Gasteiger partial charge on any atom is 0.407 e. The van der Waals surface area contributed by atoms with Gasteiger partial charge in [-0.2, -0.15) is 0 Å². The molecule has 0 atom stereocenters. The van der Waals surface area contributed by atoms with Gasteiger partial charge in [0.25, 0.3) is 0 Å². The molecule has 5 nitrogen and oxygen atoms in total. The molecule has 2 aromatic carbocycles. The number of fused-ring (bicyclic) bond motifs is 3. The zero-order valence-corrected chi connectivity index (χ0v) is 14.0. The number of rotatable bonds is 5. The average Bonchev–Trinajstić information content (AvgIpc) is 2.97. The number of carbonyl (C=O) groups is 2. The van der Waals surface area contributed by atoms with Crippen molar-refractivity contribution in [3.63, 3.8) is 0 Å². The first-order valence-electron chi connectivity index (χ1n) is 7.96. The number of amides is 1. The van der Waals surface area contributed by atoms with Crippen LogP contribution in [0.4, 0.5) is 4.79 Å². The third-order valence-corrected chi connectivity index (χ3v) is 4.26. The molecule has 1 amide bonds. The number of hydrogen-bond donors (Lipinski definition) is 1. The third kappa shape index (κ3) is 3.40. The summed E-state index contributed by atoms with van der Waals surface area (Å²) in [6.07, 6.45) is -0.591. The van der Waals surface area contributed by atoms with Crippen LogP contribution in [0, 0.1) is 0 Å². The van der Waals surface area contributed by atoms with Gasteiger partial charge in [0.1, 0.15) is 6.61 Å². The fraction of sp³-hybridized carbons (Fsp3) is 0.200. The number of carbonyl (C=O) groups excluding carboxylic acids is 2. The third-order valence-electron chi connectivity index (χ3n) is 4.26. The van der Waals surface area contributed by atoms with Crippen LogP contribution in [0.5, 0.6) is 0 Å². The molecule has 0 unspecified atom stereocenters. The van der Waals surface area contributed by atoms with E-state index in [2.05, 4.69) is 40.9 Å². The summed E-state index contributed by atoms with van der Waals surface area (Å²) in [4.78, 5) is 23.2. The summed E-state index contributed by atoms with van der Waals surface area (Å²) in [5.41, 5.74) is 4.80. The van der Waals surface area contributed by atoms with Crippen molar-refractivity contribution in [3.05, 3.63) is 71.8 Å². The van der Waals surface area contributed by atoms with Crippen LogP contribution in [-0.2, 0) is 14.3 Å². The Morgan fingerprint density at radius 1 is 1.04 bits per heavy atom. The van der Waals surface area contributed by atoms with Crippen molar-refractivity contribution in [1.29, 1.82) is 0 Å². The Kier molecular flexibility index (Phi) is 4.84. The van der Waals surface area contributed by atoms with E-state index in [0.717, 1.165) is 11.1 Å². The van der Waals surface area contributed by atoms with Crippen molar-refractivity contribution in [2.45, 2.75) is 5.92 Å². The monoisotopic (exact) mass is 337 g/mol. The lowest BCUT2D eigenvalue weighted by Gasteiger charge is -2.14. The predicted molar refractivity (Wildman–Crippen MR) is 94.2 cm³/mol. The topological polar surface area (TPSA) is 64.6 Å². The van der Waals surface area contributed by atoms with Gasteiger partial charge in [0.2, 0.25) is 0 Å². The van der Waals surface area contributed by atoms with Crippen molar-refractivity contribution in [2.24, 2.45) is 0 Å². The van der Waals surface area contributed by atoms with Gasteiger partial charge in [0, 0.05) is 11.5 Å². The van der Waals surface area contributed by atoms with E-state index in [4.69, 9.17) is 4.74 Å². The Balaban J connectivity index is 1.65. The molecule has 1 aliphatic carbocycles. The van der Waals surface area contributed by atoms with E-state index >= 15 is 0 Å². The Hall–Kier alpha value is -3.08. The fourth-order valence-corrected chi connectivity index (χ4v) is 3.04. The zero-order valence-electron chi connectivity index (χ0n) is 14.0. The van der Waals surface area contributed by atoms with Gasteiger partial charge in [-0.25, -0.2) is 9.59 Å². The number of alkyl carbamates (subject to hydrolysis) is 1. The first-order valence-corrected chi connectivity index (χ1v) is 7.96. The summed E-state index contributed by atoms with van der Waals surface area (Å²) in [5, 5.41) is 2.51. The first kappa shape index (κ1) is 16.8. The van der Waals surface area contributed by atoms with Crippen LogP contribution in [0.15, 0.2) is 60.7 Å². The minimum atomic E-state index is -0.591. The van der Waals surface area contributed by atoms with Crippen LogP contribution in [0.1, 0.15) is 17.0 Å². The van der Waals surface area contributed by atoms with E-state index in [9.17, 15) is 9.59 Å². The van der Waals surface area contributed by atoms with Gasteiger partial charge >= 0.3 is 12.1 Å². The van der Waals surface area contributed by atoms with Crippen molar-refractivity contribution in [1.82, 2.24) is 5.32 Å². The number of benzene rings is 2. The minimum Gasteiger partial charge on any atom is -0.466 e. The molecular formula is C20H19NO4. The summed E-state index contributed by atoms with van der Waals surface area (Å²) in [6, 6.07) is 16.2. The lowest BCUT2D eigenvalue weighted by Crippen LogP contribution is -2.29. The molecule has 1 N–H and O–H groups in total. The Morgan fingerprint density at radius 2 is 1.60 bits per heavy atom. The number of ether oxygens (including phenoxy) is 2. The normalized spacial score (nSPS) is 12.0. The van der Waals surface area contributed by atoms with Crippen molar-refractivity contribution in [3.8, 4) is 11.1 Å². The van der Waals surface area contributed by atoms with E-state index < -0.39 is 12.1 Å². The molecule has 3 rings (SSSR count). The summed E-state index contributed by atoms with van der Waals surface area (Å²) in [6.45, 7) is 3.77. The molecule has 0 saturated carbocycles. The summed E-state index contributed by atoms with van der Waals surface area (Å²) in [7, 11) is 1.26. The van der Waals surface area contributed by atoms with E-state index in [1.807, 2.05) is 24.3 Å². The molecule has 0 bridgehead atoms. The molecule has 1 aliphatic rings. The first-order chi connectivity index (χ1) is 12.1. The largest absolute Gasteiger partial charge is 0.466 e. The predicted octanol–water partition coefficient (Wildman–Crippen LogP) is 3.25. The quantitative estimate of drug-likeness (QED) is 0.672. The number of nitrogens with one attached hydrogen (secondary N) is 1. The molecule has 0 heterocycles. The highest BCUT2D eigenvalue weighted by atomic mass is 16.5. The summed E-state index contributed by atoms with van der Waals surface area (Å²) in [5.74, 6) is -0.555. The Morgan fingerprint density at radius 3 is 2.16 bits per heavy atom. The molecule has 128 valence electrons. The van der Waals surface area contributed by atoms with E-state index in [0.29, 0.717) is 0 Å². The van der Waals surface area contributed by atoms with Crippen molar-refractivity contribution in [2.75, 3.05) is 20.3 Å². The van der Waals surface area contributed by atoms with Gasteiger partial charge in [0.15, 0.2) is 0 Å². The van der Waals surface area contributed by atoms with Gasteiger partial charge in [-0.3, -0.25) is 0 Å². The second kappa shape index (κ2) is 7.21. The molecule has 25 heavy (non-hydrogen) atoms. The summed E-state index contributed by atoms with van der Waals surface area (Å²) >= 11 is 0. The Bertz CT molecular complexity index is 782. The van der Waals surface area contributed by atoms with Crippen molar-refractivity contribution >= 4 is 12.1 Å². The maximum atomic E-state index is 11.9. The smallest absolute Gasteiger partial charge is 0.407 e. The highest BCUT2D eigenvalue weighted by molar-refractivity contribution is 5.88. The number of methoxy groups -OCH3 is 1. The van der Waals surface area contributed by atoms with Crippen LogP contribution >= 0.6 is 0 Å². The molecule has 0 spiro atoms. The summed E-state index contributed by atoms with van der Waals surface area (Å²) < 4.78 is 9.89. The standard InChI is InChI=1S/C20H19NO4/c1-13(19(22)24-2)11-21-20(23)25-12-18-16-9-5-3-7-14(16)15-8-4-6-10-17(15)18/h3-10,18H,1,11-12H2,2H3,(H,21,23). The van der Waals surface area contributed by atoms with Gasteiger partial charge < -0.3 is 14.8 Å². The minimum absolute atomic E-state index is 0.00181. The number of esters is 1. The molecule has 0 radical (unpaired) electrons. The SMILES string of the molecule is C=C(CNC(=O)OCC1c2ccccc2-c2ccccc21)C(=O)OC. The lowest BCUT2D eigenvalue weighted by molar-refractivity contribution is -0.136. The highest BCUT2D eigenvalue weighted by Gasteiger charge is 2.28. The molecule has 0 aliphatic heterocycles. The fourth-order valence-electron chi connectivity index (χ4n) is 3.04. The maximum absolute atomic E-state index is 11.9. The van der Waals surface area contributed by atoms with Crippen LogP contribution in [0.3, 0.4) is 0 Å². The van der Waals surface area contributed by atoms with Gasteiger partial charge in [0.05, 0.1) is 13.7 Å². The molecule has 0 aromatic heterocycles. The molecule has 2 aromatic rings. The van der Waals surface area contributed by atoms with Gasteiger partial charge in [-0.15, -0.1) is 0 Å². The van der Waals surface area contributed by atoms with E-state index in [1.165, 1.54) is 18.2 Å². The van der Waals surface area contributed by atoms with Gasteiger partial charge in [-0.1, -0.05) is 55.1 Å². The molecular weight excluding hydrogens is 318 g/mol. The molecule has 0 saturated heterocycles. The molecule has 0 fully saturated rings. The van der Waals surface area contributed by atoms with Crippen LogP contribution in [0.2, 0.25) is 0 Å². The van der Waals surface area contributed by atoms with E-state index in [1.54, 1.807) is 0 Å². The second-order valence-corrected chi connectivity index (χ2v) is 5.77. The van der Waals surface area contributed by atoms with Crippen LogP contribution in [0.25, 0.3) is 11.1 Å². The Labute approximate surface area is 146 Å². The van der Waals surface area contributed by atoms with Crippen LogP contribution in [-0.4, -0.2) is 32.3 Å². The van der Waals surface area contributed by atoms with Crippen LogP contribution < -0.4 is 5.32 Å². The van der Waals surface area contributed by atoms with E-state index in [-0.39, 0.29) is 24.6 Å². The second-order valence-electron chi connectivity index (χ2n) is 5.77. The average molecular weight is 337 g/mol. The highest BCUT2D eigenvalue weighted by Crippen LogP contribution is 2.44. The number of hydrogen-bond acceptors (Lipinski definition) is 4. The van der Waals surface area contributed by atoms with Gasteiger partial charge in [-0.05, 0) is 22.3 Å². The lowest BCUT2D eigenvalue weighted by atomic mass is 9.98. The zero-order chi connectivity index (χ0) is 17.8. The molecule has 5 heteroatoms. The van der Waals surface area contributed by atoms with Crippen molar-refractivity contribution < 1.29 is 19.1 Å².